The number of nitrogens with one attached hydrogen (secondary N) is 1. The van der Waals surface area contributed by atoms with Gasteiger partial charge in [-0.3, -0.25) is 4.79 Å². The van der Waals surface area contributed by atoms with Crippen molar-refractivity contribution in [1.82, 2.24) is 10.2 Å². The molecule has 6 heteroatoms. The predicted octanol–water partition coefficient (Wildman–Crippen LogP) is 9.90. The van der Waals surface area contributed by atoms with Gasteiger partial charge in [-0.05, 0) is 104 Å². The molecule has 3 saturated carbocycles. The summed E-state index contributed by atoms with van der Waals surface area (Å²) in [6.07, 6.45) is 11.9. The van der Waals surface area contributed by atoms with Gasteiger partial charge in [0, 0.05) is 40.0 Å². The molecule has 2 amide bonds. The highest BCUT2D eigenvalue weighted by Crippen LogP contribution is 2.78. The molecule has 8 atom stereocenters. The van der Waals surface area contributed by atoms with Crippen molar-refractivity contribution >= 4 is 22.6 Å². The second-order valence-corrected chi connectivity index (χ2v) is 18.7. The lowest BCUT2D eigenvalue weighted by Gasteiger charge is -2.71. The fraction of sp³-hybridized carbons (Fsp3) is 0.440. The molecule has 290 valence electrons. The summed E-state index contributed by atoms with van der Waals surface area (Å²) in [6.45, 7) is 9.19. The molecule has 6 nitrogen and oxygen atoms in total. The van der Waals surface area contributed by atoms with Crippen molar-refractivity contribution in [3.05, 3.63) is 132 Å². The number of rotatable bonds is 8. The minimum atomic E-state index is -1.18. The van der Waals surface area contributed by atoms with Crippen LogP contribution in [-0.4, -0.2) is 51.2 Å². The summed E-state index contributed by atoms with van der Waals surface area (Å²) in [6, 6.07) is 32.5. The number of allylic oxidation sites excluding steroid dienone is 4. The van der Waals surface area contributed by atoms with Crippen molar-refractivity contribution in [1.29, 1.82) is 0 Å². The molecule has 4 aromatic carbocycles. The molecule has 3 N–H and O–H groups in total. The zero-order chi connectivity index (χ0) is 39.1. The Morgan fingerprint density at radius 3 is 2.21 bits per heavy atom. The van der Waals surface area contributed by atoms with Gasteiger partial charge in [0.2, 0.25) is 0 Å². The highest BCUT2D eigenvalue weighted by Gasteiger charge is 2.74. The third kappa shape index (κ3) is 5.42. The van der Waals surface area contributed by atoms with Gasteiger partial charge in [-0.2, -0.15) is 0 Å². The molecule has 6 aliphatic rings. The minimum absolute atomic E-state index is 0.0108. The summed E-state index contributed by atoms with van der Waals surface area (Å²) in [7, 11) is 0. The van der Waals surface area contributed by atoms with Crippen LogP contribution >= 0.6 is 0 Å². The first kappa shape index (κ1) is 37.1. The number of carbonyl (C=O) groups excluding carboxylic acids is 2. The second kappa shape index (κ2) is 13.3. The van der Waals surface area contributed by atoms with Crippen LogP contribution in [-0.2, 0) is 6.54 Å². The van der Waals surface area contributed by atoms with E-state index in [1.165, 1.54) is 0 Å². The summed E-state index contributed by atoms with van der Waals surface area (Å²) in [5.41, 5.74) is 1.90. The van der Waals surface area contributed by atoms with E-state index in [1.54, 1.807) is 0 Å². The Labute approximate surface area is 331 Å². The monoisotopic (exact) mass is 748 g/mol. The Balaban J connectivity index is 1.11. The number of carbonyl (C=O) groups is 2. The average molecular weight is 749 g/mol. The smallest absolute Gasteiger partial charge is 0.317 e. The van der Waals surface area contributed by atoms with Crippen molar-refractivity contribution < 1.29 is 19.8 Å². The Hall–Kier alpha value is -4.52. The Morgan fingerprint density at radius 1 is 0.786 bits per heavy atom. The normalized spacial score (nSPS) is 34.1. The second-order valence-electron chi connectivity index (χ2n) is 18.7. The quantitative estimate of drug-likeness (QED) is 0.124. The van der Waals surface area contributed by atoms with Gasteiger partial charge < -0.3 is 20.4 Å². The summed E-state index contributed by atoms with van der Waals surface area (Å²) < 4.78 is 0. The first-order valence-electron chi connectivity index (χ1n) is 20.9. The van der Waals surface area contributed by atoms with Crippen molar-refractivity contribution in [2.24, 2.45) is 33.5 Å². The maximum absolute atomic E-state index is 15.2. The minimum Gasteiger partial charge on any atom is -0.393 e. The number of aliphatic hydroxyl groups is 2. The van der Waals surface area contributed by atoms with Gasteiger partial charge >= 0.3 is 6.03 Å². The van der Waals surface area contributed by atoms with Crippen LogP contribution in [0.3, 0.4) is 0 Å². The van der Waals surface area contributed by atoms with Crippen LogP contribution in [0.15, 0.2) is 121 Å². The number of hydrogen-bond donors (Lipinski definition) is 3. The highest BCUT2D eigenvalue weighted by molar-refractivity contribution is 6.10. The summed E-state index contributed by atoms with van der Waals surface area (Å²) >= 11 is 0. The van der Waals surface area contributed by atoms with Gasteiger partial charge in [0.1, 0.15) is 0 Å². The Morgan fingerprint density at radius 2 is 1.45 bits per heavy atom. The molecule has 0 radical (unpaired) electrons. The molecule has 0 aromatic heterocycles. The van der Waals surface area contributed by atoms with E-state index < -0.39 is 27.9 Å². The average Bonchev–Trinajstić information content (AvgIpc) is 3.47. The molecule has 10 rings (SSSR count). The van der Waals surface area contributed by atoms with E-state index in [4.69, 9.17) is 0 Å². The van der Waals surface area contributed by atoms with Crippen LogP contribution in [0.1, 0.15) is 88.6 Å². The number of hydrogen-bond acceptors (Lipinski definition) is 4. The van der Waals surface area contributed by atoms with Crippen molar-refractivity contribution in [3.63, 3.8) is 0 Å². The number of nitrogens with zero attached hydrogens (tertiary/aromatic N) is 1. The summed E-state index contributed by atoms with van der Waals surface area (Å²) in [4.78, 5) is 31.1. The van der Waals surface area contributed by atoms with Crippen LogP contribution in [0.2, 0.25) is 0 Å². The van der Waals surface area contributed by atoms with Crippen molar-refractivity contribution in [2.45, 2.75) is 96.9 Å². The molecule has 56 heavy (non-hydrogen) atoms. The molecule has 2 spiro atoms. The standard InChI is InChI=1S/C50H56N2O4/c1-33(2)51-45(55)52(31-38-15-10-14-36-13-8-9-16-40(36)38)32-49(56)26-23-43-47(49,4)25-22-42-46(3)24-21-39(53)29-48(46)27-28-50(42,43)41(30-48)44(54)37-19-17-35(18-20-37)34-11-6-5-7-12-34/h5-20,27-28,30,33,39,42-43,53,56H,21-26,29,31-32H2,1-4H3,(H,51,55)/t39?,42-,43-,46-,47+,48+,49-,50-/m1/s1. The largest absolute Gasteiger partial charge is 0.393 e. The number of amides is 2. The molecule has 0 heterocycles. The van der Waals surface area contributed by atoms with Gasteiger partial charge in [-0.25, -0.2) is 4.79 Å². The zero-order valence-electron chi connectivity index (χ0n) is 33.3. The molecule has 4 aromatic rings. The summed E-state index contributed by atoms with van der Waals surface area (Å²) in [5, 5.41) is 29.7. The highest BCUT2D eigenvalue weighted by atomic mass is 16.3. The SMILES string of the molecule is CC(C)NC(=O)N(Cc1cccc2ccccc12)C[C@]1(O)CC[C@H]2[C@]34C=C[C@@]5(C=C3C(=O)c3ccc(-c6ccccc6)cc3)CC(O)CC[C@]5(C)[C@H]4CC[C@@]21C. The lowest BCUT2D eigenvalue weighted by atomic mass is 9.32. The number of ketones is 1. The van der Waals surface area contributed by atoms with Gasteiger partial charge in [0.05, 0.1) is 18.2 Å². The third-order valence-corrected chi connectivity index (χ3v) is 15.6. The van der Waals surface area contributed by atoms with E-state index in [9.17, 15) is 15.0 Å². The topological polar surface area (TPSA) is 89.9 Å². The Kier molecular flexibility index (Phi) is 8.79. The predicted molar refractivity (Wildman–Crippen MR) is 223 cm³/mol. The zero-order valence-corrected chi connectivity index (χ0v) is 33.3. The fourth-order valence-electron chi connectivity index (χ4n) is 12.7. The maximum Gasteiger partial charge on any atom is 0.317 e. The molecular weight excluding hydrogens is 693 g/mol. The van der Waals surface area contributed by atoms with E-state index >= 15 is 4.79 Å². The van der Waals surface area contributed by atoms with E-state index in [-0.39, 0.29) is 41.7 Å². The van der Waals surface area contributed by atoms with E-state index in [1.807, 2.05) is 79.4 Å². The molecule has 2 bridgehead atoms. The molecular formula is C50H56N2O4. The fourth-order valence-corrected chi connectivity index (χ4v) is 12.7. The Bertz CT molecular complexity index is 2240. The number of benzene rings is 4. The first-order valence-corrected chi connectivity index (χ1v) is 20.9. The lowest BCUT2D eigenvalue weighted by Crippen LogP contribution is -2.67. The van der Waals surface area contributed by atoms with Crippen LogP contribution in [0, 0.1) is 33.5 Å². The van der Waals surface area contributed by atoms with Crippen LogP contribution < -0.4 is 5.32 Å². The van der Waals surface area contributed by atoms with Crippen LogP contribution in [0.4, 0.5) is 4.79 Å². The van der Waals surface area contributed by atoms with Crippen molar-refractivity contribution in [3.8, 4) is 11.1 Å². The van der Waals surface area contributed by atoms with E-state index in [2.05, 4.69) is 73.8 Å². The number of fused-ring (bicyclic) bond motifs is 2. The first-order chi connectivity index (χ1) is 26.8. The number of aliphatic hydroxyl groups excluding tert-OH is 1. The molecule has 3 fully saturated rings. The molecule has 6 aliphatic carbocycles. The van der Waals surface area contributed by atoms with Gasteiger partial charge in [-0.1, -0.05) is 129 Å². The van der Waals surface area contributed by atoms with Gasteiger partial charge in [-0.15, -0.1) is 0 Å². The van der Waals surface area contributed by atoms with Crippen LogP contribution in [0.5, 0.6) is 0 Å². The molecule has 0 saturated heterocycles. The van der Waals surface area contributed by atoms with Gasteiger partial charge in [0.25, 0.3) is 0 Å². The van der Waals surface area contributed by atoms with E-state index in [0.717, 1.165) is 65.1 Å². The maximum atomic E-state index is 15.2. The third-order valence-electron chi connectivity index (χ3n) is 15.6. The van der Waals surface area contributed by atoms with Gasteiger partial charge in [0.15, 0.2) is 5.78 Å². The summed E-state index contributed by atoms with van der Waals surface area (Å²) in [5.74, 6) is 0.230. The number of urea groups is 1. The van der Waals surface area contributed by atoms with Crippen LogP contribution in [0.25, 0.3) is 21.9 Å². The van der Waals surface area contributed by atoms with Crippen molar-refractivity contribution in [2.75, 3.05) is 6.54 Å². The van der Waals surface area contributed by atoms with E-state index in [0.29, 0.717) is 24.9 Å². The molecule has 1 unspecified atom stereocenters. The number of Topliss-reactive ketones (excluding diaryl/α,β-unsaturated/α-hetero) is 1. The molecule has 0 aliphatic heterocycles. The lowest BCUT2D eigenvalue weighted by molar-refractivity contribution is -0.174.